The molecule has 2 nitrogen and oxygen atoms in total. The Bertz CT molecular complexity index is 485. The maximum absolute atomic E-state index is 6.10. The van der Waals surface area contributed by atoms with E-state index in [1.54, 1.807) is 0 Å². The highest BCUT2D eigenvalue weighted by molar-refractivity contribution is 5.48. The van der Waals surface area contributed by atoms with Crippen molar-refractivity contribution in [3.05, 3.63) is 29.8 Å². The Morgan fingerprint density at radius 1 is 1.04 bits per heavy atom. The average molecular weight is 330 g/mol. The summed E-state index contributed by atoms with van der Waals surface area (Å²) in [5.41, 5.74) is 2.93. The molecule has 0 N–H and O–H groups in total. The molecule has 1 aliphatic carbocycles. The zero-order valence-electron chi connectivity index (χ0n) is 15.7. The lowest BCUT2D eigenvalue weighted by Crippen LogP contribution is -2.51. The van der Waals surface area contributed by atoms with E-state index in [-0.39, 0.29) is 5.60 Å². The molecule has 0 spiro atoms. The van der Waals surface area contributed by atoms with Crippen molar-refractivity contribution in [1.29, 1.82) is 0 Å². The lowest BCUT2D eigenvalue weighted by molar-refractivity contribution is -0.0605. The number of nitrogens with zero attached hydrogens (tertiary/aromatic N) is 1. The number of anilines is 1. The third kappa shape index (κ3) is 4.33. The minimum absolute atomic E-state index is 0.0535. The minimum atomic E-state index is 0.0535. The zero-order valence-corrected chi connectivity index (χ0v) is 15.7. The molecule has 1 aliphatic heterocycles. The fourth-order valence-corrected chi connectivity index (χ4v) is 4.46. The van der Waals surface area contributed by atoms with Crippen LogP contribution in [0.3, 0.4) is 0 Å². The van der Waals surface area contributed by atoms with Crippen LogP contribution in [-0.2, 0) is 11.2 Å². The smallest absolute Gasteiger partial charge is 0.0852 e. The summed E-state index contributed by atoms with van der Waals surface area (Å²) >= 11 is 0. The summed E-state index contributed by atoms with van der Waals surface area (Å²) in [5.74, 6) is 0.979. The topological polar surface area (TPSA) is 12.5 Å². The van der Waals surface area contributed by atoms with E-state index in [4.69, 9.17) is 4.74 Å². The van der Waals surface area contributed by atoms with Crippen molar-refractivity contribution in [2.24, 2.45) is 5.92 Å². The van der Waals surface area contributed by atoms with Crippen LogP contribution in [0.15, 0.2) is 24.3 Å². The van der Waals surface area contributed by atoms with Gasteiger partial charge in [-0.15, -0.1) is 0 Å². The Morgan fingerprint density at radius 3 is 2.42 bits per heavy atom. The van der Waals surface area contributed by atoms with E-state index in [0.717, 1.165) is 38.5 Å². The standard InChI is InChI=1S/C22H35NO/c1-3-22(4-2)18-23(16-17-24-22)21-14-12-20(13-15-21)11-10-19-8-6-5-7-9-19/h12-15,19H,3-11,16-18H2,1-2H3. The van der Waals surface area contributed by atoms with Gasteiger partial charge in [-0.05, 0) is 49.3 Å². The number of hydrogen-bond acceptors (Lipinski definition) is 2. The highest BCUT2D eigenvalue weighted by Gasteiger charge is 2.33. The molecule has 24 heavy (non-hydrogen) atoms. The fourth-order valence-electron chi connectivity index (χ4n) is 4.46. The van der Waals surface area contributed by atoms with Crippen molar-refractivity contribution in [2.45, 2.75) is 77.2 Å². The van der Waals surface area contributed by atoms with Crippen molar-refractivity contribution in [1.82, 2.24) is 0 Å². The van der Waals surface area contributed by atoms with Crippen molar-refractivity contribution in [3.8, 4) is 0 Å². The lowest BCUT2D eigenvalue weighted by atomic mass is 9.85. The summed E-state index contributed by atoms with van der Waals surface area (Å²) in [4.78, 5) is 2.52. The van der Waals surface area contributed by atoms with E-state index in [1.807, 2.05) is 0 Å². The quantitative estimate of drug-likeness (QED) is 0.674. The van der Waals surface area contributed by atoms with E-state index >= 15 is 0 Å². The van der Waals surface area contributed by atoms with Gasteiger partial charge in [-0.2, -0.15) is 0 Å². The van der Waals surface area contributed by atoms with Gasteiger partial charge in [0.1, 0.15) is 0 Å². The van der Waals surface area contributed by atoms with Crippen molar-refractivity contribution >= 4 is 5.69 Å². The summed E-state index contributed by atoms with van der Waals surface area (Å²) in [6.07, 6.45) is 12.1. The first kappa shape index (κ1) is 17.8. The van der Waals surface area contributed by atoms with Gasteiger partial charge in [-0.3, -0.25) is 0 Å². The second-order valence-electron chi connectivity index (χ2n) is 7.87. The third-order valence-corrected chi connectivity index (χ3v) is 6.40. The molecule has 3 rings (SSSR count). The van der Waals surface area contributed by atoms with Crippen LogP contribution >= 0.6 is 0 Å². The predicted octanol–water partition coefficient (Wildman–Crippen LogP) is 5.59. The van der Waals surface area contributed by atoms with Gasteiger partial charge in [0.05, 0.1) is 12.2 Å². The molecule has 2 aliphatic rings. The molecule has 1 aromatic carbocycles. The Morgan fingerprint density at radius 2 is 1.75 bits per heavy atom. The molecule has 2 heteroatoms. The summed E-state index contributed by atoms with van der Waals surface area (Å²) in [6, 6.07) is 9.37. The Balaban J connectivity index is 1.55. The Hall–Kier alpha value is -1.02. The first-order valence-electron chi connectivity index (χ1n) is 10.2. The van der Waals surface area contributed by atoms with Crippen LogP contribution in [0.4, 0.5) is 5.69 Å². The lowest BCUT2D eigenvalue weighted by Gasteiger charge is -2.43. The Kier molecular flexibility index (Phi) is 6.21. The van der Waals surface area contributed by atoms with Gasteiger partial charge in [0.25, 0.3) is 0 Å². The molecule has 0 bridgehead atoms. The SMILES string of the molecule is CCC1(CC)CN(c2ccc(CCC3CCCCC3)cc2)CCO1. The van der Waals surface area contributed by atoms with Crippen LogP contribution in [0.1, 0.15) is 70.8 Å². The highest BCUT2D eigenvalue weighted by atomic mass is 16.5. The summed E-state index contributed by atoms with van der Waals surface area (Å²) in [6.45, 7) is 7.40. The predicted molar refractivity (Wildman–Crippen MR) is 103 cm³/mol. The highest BCUT2D eigenvalue weighted by Crippen LogP contribution is 2.30. The van der Waals surface area contributed by atoms with Gasteiger partial charge in [-0.1, -0.05) is 58.1 Å². The zero-order chi connectivity index (χ0) is 16.8. The molecule has 1 saturated carbocycles. The molecular formula is C22H35NO. The van der Waals surface area contributed by atoms with E-state index in [0.29, 0.717) is 0 Å². The molecule has 0 amide bonds. The molecular weight excluding hydrogens is 294 g/mol. The number of rotatable bonds is 6. The molecule has 0 atom stereocenters. The first-order valence-corrected chi connectivity index (χ1v) is 10.2. The normalized spacial score (nSPS) is 21.8. The van der Waals surface area contributed by atoms with Gasteiger partial charge < -0.3 is 9.64 Å². The largest absolute Gasteiger partial charge is 0.371 e. The van der Waals surface area contributed by atoms with Crippen LogP contribution in [0.2, 0.25) is 0 Å². The Labute approximate surface area is 148 Å². The van der Waals surface area contributed by atoms with Crippen LogP contribution in [0.5, 0.6) is 0 Å². The maximum Gasteiger partial charge on any atom is 0.0852 e. The number of aryl methyl sites for hydroxylation is 1. The minimum Gasteiger partial charge on any atom is -0.371 e. The van der Waals surface area contributed by atoms with E-state index < -0.39 is 0 Å². The molecule has 1 aromatic rings. The van der Waals surface area contributed by atoms with Gasteiger partial charge in [-0.25, -0.2) is 0 Å². The molecule has 1 saturated heterocycles. The summed E-state index contributed by atoms with van der Waals surface area (Å²) in [5, 5.41) is 0. The van der Waals surface area contributed by atoms with E-state index in [2.05, 4.69) is 43.0 Å². The molecule has 0 unspecified atom stereocenters. The first-order chi connectivity index (χ1) is 11.7. The van der Waals surface area contributed by atoms with Crippen LogP contribution in [0, 0.1) is 5.92 Å². The molecule has 0 radical (unpaired) electrons. The molecule has 0 aromatic heterocycles. The molecule has 2 fully saturated rings. The van der Waals surface area contributed by atoms with E-state index in [1.165, 1.54) is 56.2 Å². The summed E-state index contributed by atoms with van der Waals surface area (Å²) in [7, 11) is 0. The van der Waals surface area contributed by atoms with Gasteiger partial charge in [0.2, 0.25) is 0 Å². The fraction of sp³-hybridized carbons (Fsp3) is 0.727. The average Bonchev–Trinajstić information content (AvgIpc) is 2.67. The summed E-state index contributed by atoms with van der Waals surface area (Å²) < 4.78 is 6.10. The van der Waals surface area contributed by atoms with Gasteiger partial charge >= 0.3 is 0 Å². The van der Waals surface area contributed by atoms with E-state index in [9.17, 15) is 0 Å². The third-order valence-electron chi connectivity index (χ3n) is 6.40. The number of ether oxygens (including phenoxy) is 1. The van der Waals surface area contributed by atoms with Gasteiger partial charge in [0.15, 0.2) is 0 Å². The van der Waals surface area contributed by atoms with Crippen LogP contribution in [0.25, 0.3) is 0 Å². The van der Waals surface area contributed by atoms with Crippen LogP contribution < -0.4 is 4.90 Å². The monoisotopic (exact) mass is 329 g/mol. The van der Waals surface area contributed by atoms with Crippen molar-refractivity contribution in [2.75, 3.05) is 24.6 Å². The maximum atomic E-state index is 6.10. The molecule has 134 valence electrons. The van der Waals surface area contributed by atoms with Crippen LogP contribution in [-0.4, -0.2) is 25.3 Å². The second-order valence-corrected chi connectivity index (χ2v) is 7.87. The van der Waals surface area contributed by atoms with Crippen molar-refractivity contribution in [3.63, 3.8) is 0 Å². The van der Waals surface area contributed by atoms with Crippen molar-refractivity contribution < 1.29 is 4.74 Å². The number of benzene rings is 1. The number of morpholine rings is 1. The van der Waals surface area contributed by atoms with Gasteiger partial charge in [0, 0.05) is 18.8 Å². The number of hydrogen-bond donors (Lipinski definition) is 0. The molecule has 1 heterocycles. The second kappa shape index (κ2) is 8.38.